The fourth-order valence-electron chi connectivity index (χ4n) is 6.10. The maximum Gasteiger partial charge on any atom is 0.0622 e. The molecule has 1 nitrogen and oxygen atoms in total. The van der Waals surface area contributed by atoms with Gasteiger partial charge in [0.25, 0.3) is 0 Å². The summed E-state index contributed by atoms with van der Waals surface area (Å²) in [4.78, 5) is 0. The summed E-state index contributed by atoms with van der Waals surface area (Å²) in [5.41, 5.74) is 5.76. The van der Waals surface area contributed by atoms with Gasteiger partial charge in [-0.3, -0.25) is 0 Å². The topological polar surface area (TPSA) is 4.93 Å². The van der Waals surface area contributed by atoms with Crippen LogP contribution in [-0.2, 0) is 0 Å². The Morgan fingerprint density at radius 1 is 0.600 bits per heavy atom. The molecule has 7 rings (SSSR count). The van der Waals surface area contributed by atoms with E-state index in [1.807, 2.05) is 0 Å². The first-order chi connectivity index (χ1) is 17.0. The third-order valence-electron chi connectivity index (χ3n) is 7.88. The Bertz CT molecular complexity index is 1870. The number of rotatable bonds is 1. The van der Waals surface area contributed by atoms with Crippen LogP contribution in [0, 0.1) is 5.41 Å². The molecule has 1 heteroatoms. The van der Waals surface area contributed by atoms with E-state index in [1.165, 1.54) is 65.4 Å². The largest absolute Gasteiger partial charge is 0.312 e. The zero-order valence-corrected chi connectivity index (χ0v) is 20.6. The van der Waals surface area contributed by atoms with Crippen molar-refractivity contribution in [1.29, 1.82) is 0 Å². The van der Waals surface area contributed by atoms with Crippen LogP contribution in [0.5, 0.6) is 0 Å². The minimum atomic E-state index is 0.210. The summed E-state index contributed by atoms with van der Waals surface area (Å²) in [6, 6.07) is 31.4. The molecule has 0 saturated carbocycles. The molecular formula is C34H29N. The molecule has 1 aliphatic rings. The van der Waals surface area contributed by atoms with E-state index in [-0.39, 0.29) is 5.41 Å². The Kier molecular flexibility index (Phi) is 4.30. The van der Waals surface area contributed by atoms with Crippen molar-refractivity contribution in [3.8, 4) is 0 Å². The molecule has 0 amide bonds. The third kappa shape index (κ3) is 3.01. The zero-order chi connectivity index (χ0) is 23.7. The van der Waals surface area contributed by atoms with Gasteiger partial charge >= 0.3 is 0 Å². The highest BCUT2D eigenvalue weighted by atomic mass is 15.0. The van der Waals surface area contributed by atoms with Crippen LogP contribution >= 0.6 is 0 Å². The van der Waals surface area contributed by atoms with E-state index in [0.717, 1.165) is 12.8 Å². The number of hydrogen-bond acceptors (Lipinski definition) is 0. The molecule has 0 atom stereocenters. The summed E-state index contributed by atoms with van der Waals surface area (Å²) in [5, 5.41) is 10.6. The summed E-state index contributed by atoms with van der Waals surface area (Å²) in [5.74, 6) is 0. The van der Waals surface area contributed by atoms with Gasteiger partial charge in [0.15, 0.2) is 0 Å². The Morgan fingerprint density at radius 3 is 1.86 bits per heavy atom. The van der Waals surface area contributed by atoms with E-state index in [4.69, 9.17) is 0 Å². The fraction of sp³-hybridized carbons (Fsp3) is 0.176. The second-order valence-corrected chi connectivity index (χ2v) is 11.0. The number of fused-ring (bicyclic) bond motifs is 9. The van der Waals surface area contributed by atoms with E-state index in [0.29, 0.717) is 0 Å². The molecule has 0 saturated heterocycles. The predicted octanol–water partition coefficient (Wildman–Crippen LogP) is 9.86. The van der Waals surface area contributed by atoms with Gasteiger partial charge in [-0.1, -0.05) is 105 Å². The average molecular weight is 452 g/mol. The van der Waals surface area contributed by atoms with Crippen LogP contribution in [0.4, 0.5) is 0 Å². The monoisotopic (exact) mass is 451 g/mol. The van der Waals surface area contributed by atoms with Crippen molar-refractivity contribution >= 4 is 59.8 Å². The Hall–Kier alpha value is -3.84. The Morgan fingerprint density at radius 2 is 1.20 bits per heavy atom. The number of allylic oxidation sites excluding steroid dienone is 4. The first-order valence-electron chi connectivity index (χ1n) is 12.7. The molecule has 0 bridgehead atoms. The third-order valence-corrected chi connectivity index (χ3v) is 7.88. The van der Waals surface area contributed by atoms with Gasteiger partial charge in [0.1, 0.15) is 0 Å². The molecule has 170 valence electrons. The summed E-state index contributed by atoms with van der Waals surface area (Å²) in [6.45, 7) is 6.97. The number of benzene rings is 5. The summed E-state index contributed by atoms with van der Waals surface area (Å²) >= 11 is 0. The van der Waals surface area contributed by atoms with Gasteiger partial charge in [-0.25, -0.2) is 0 Å². The SMILES string of the molecule is CC(C)(C)C1=CC=C(n2c3cc4ccccc4cc3c3c4ccccc4c4ccccc4c32)CC1. The minimum absolute atomic E-state index is 0.210. The molecule has 5 aromatic carbocycles. The van der Waals surface area contributed by atoms with Gasteiger partial charge < -0.3 is 4.57 Å². The highest BCUT2D eigenvalue weighted by Gasteiger charge is 2.23. The Labute approximate surface area is 206 Å². The smallest absolute Gasteiger partial charge is 0.0622 e. The van der Waals surface area contributed by atoms with Crippen LogP contribution in [-0.4, -0.2) is 4.57 Å². The average Bonchev–Trinajstić information content (AvgIpc) is 3.21. The van der Waals surface area contributed by atoms with E-state index < -0.39 is 0 Å². The van der Waals surface area contributed by atoms with Crippen molar-refractivity contribution in [3.63, 3.8) is 0 Å². The number of hydrogen-bond donors (Lipinski definition) is 0. The van der Waals surface area contributed by atoms with Gasteiger partial charge in [-0.15, -0.1) is 0 Å². The van der Waals surface area contributed by atoms with Crippen molar-refractivity contribution in [2.45, 2.75) is 33.6 Å². The van der Waals surface area contributed by atoms with Gasteiger partial charge in [0.2, 0.25) is 0 Å². The molecule has 0 aliphatic heterocycles. The number of nitrogens with zero attached hydrogens (tertiary/aromatic N) is 1. The van der Waals surface area contributed by atoms with Crippen LogP contribution in [0.15, 0.2) is 103 Å². The van der Waals surface area contributed by atoms with Crippen LogP contribution in [0.3, 0.4) is 0 Å². The van der Waals surface area contributed by atoms with E-state index in [9.17, 15) is 0 Å². The van der Waals surface area contributed by atoms with Crippen LogP contribution in [0.2, 0.25) is 0 Å². The van der Waals surface area contributed by atoms with Crippen LogP contribution < -0.4 is 0 Å². The minimum Gasteiger partial charge on any atom is -0.312 e. The van der Waals surface area contributed by atoms with E-state index >= 15 is 0 Å². The predicted molar refractivity (Wildman–Crippen MR) is 153 cm³/mol. The zero-order valence-electron chi connectivity index (χ0n) is 20.6. The molecule has 1 aliphatic carbocycles. The molecule has 0 unspecified atom stereocenters. The second kappa shape index (κ2) is 7.33. The highest BCUT2D eigenvalue weighted by Crippen LogP contribution is 2.45. The Balaban J connectivity index is 1.72. The lowest BCUT2D eigenvalue weighted by Crippen LogP contribution is -2.12. The maximum absolute atomic E-state index is 2.57. The standard InChI is InChI=1S/C34H29N/c1-34(2,3)24-16-18-25(19-17-24)35-31-21-23-11-5-4-10-22(23)20-30(31)32-28-14-8-6-12-26(28)27-13-7-9-15-29(27)33(32)35/h4-16,18,20-21H,17,19H2,1-3H3. The molecular weight excluding hydrogens is 422 g/mol. The van der Waals surface area contributed by atoms with E-state index in [2.05, 4.69) is 122 Å². The van der Waals surface area contributed by atoms with Gasteiger partial charge in [0.05, 0.1) is 11.0 Å². The first kappa shape index (κ1) is 20.5. The fourth-order valence-corrected chi connectivity index (χ4v) is 6.10. The molecule has 0 radical (unpaired) electrons. The normalized spacial score (nSPS) is 14.8. The lowest BCUT2D eigenvalue weighted by molar-refractivity contribution is 0.481. The molecule has 0 N–H and O–H groups in total. The maximum atomic E-state index is 2.57. The van der Waals surface area contributed by atoms with Gasteiger partial charge in [0, 0.05) is 21.9 Å². The molecule has 6 aromatic rings. The van der Waals surface area contributed by atoms with Crippen molar-refractivity contribution in [2.24, 2.45) is 5.41 Å². The van der Waals surface area contributed by atoms with Gasteiger partial charge in [-0.2, -0.15) is 0 Å². The summed E-state index contributed by atoms with van der Waals surface area (Å²) < 4.78 is 2.57. The van der Waals surface area contributed by atoms with Gasteiger partial charge in [-0.05, 0) is 63.4 Å². The molecule has 1 aromatic heterocycles. The highest BCUT2D eigenvalue weighted by molar-refractivity contribution is 6.33. The quantitative estimate of drug-likeness (QED) is 0.219. The van der Waals surface area contributed by atoms with Crippen LogP contribution in [0.25, 0.3) is 59.8 Å². The van der Waals surface area contributed by atoms with Crippen molar-refractivity contribution < 1.29 is 0 Å². The lowest BCUT2D eigenvalue weighted by atomic mass is 9.81. The lowest BCUT2D eigenvalue weighted by Gasteiger charge is -2.27. The molecule has 35 heavy (non-hydrogen) atoms. The van der Waals surface area contributed by atoms with Crippen LogP contribution in [0.1, 0.15) is 33.6 Å². The van der Waals surface area contributed by atoms with Crippen molar-refractivity contribution in [2.75, 3.05) is 0 Å². The first-order valence-corrected chi connectivity index (χ1v) is 12.7. The second-order valence-electron chi connectivity index (χ2n) is 11.0. The molecule has 0 spiro atoms. The number of aromatic nitrogens is 1. The molecule has 0 fully saturated rings. The van der Waals surface area contributed by atoms with E-state index in [1.54, 1.807) is 0 Å². The van der Waals surface area contributed by atoms with Crippen molar-refractivity contribution in [1.82, 2.24) is 4.57 Å². The van der Waals surface area contributed by atoms with Crippen molar-refractivity contribution in [3.05, 3.63) is 103 Å². The molecule has 1 heterocycles. The summed E-state index contributed by atoms with van der Waals surface area (Å²) in [7, 11) is 0. The summed E-state index contributed by atoms with van der Waals surface area (Å²) in [6.07, 6.45) is 6.91.